The fraction of sp³-hybridized carbons (Fsp3) is 0.692. The van der Waals surface area contributed by atoms with Crippen molar-refractivity contribution in [1.82, 2.24) is 14.7 Å². The Balaban J connectivity index is 2.77. The second-order valence-corrected chi connectivity index (χ2v) is 5.15. The monoisotopic (exact) mass is 328 g/mol. The van der Waals surface area contributed by atoms with Crippen LogP contribution in [0, 0.1) is 11.3 Å². The van der Waals surface area contributed by atoms with Crippen molar-refractivity contribution in [2.45, 2.75) is 26.3 Å². The Morgan fingerprint density at radius 1 is 1.47 bits per heavy atom. The fourth-order valence-corrected chi connectivity index (χ4v) is 2.64. The van der Waals surface area contributed by atoms with Crippen LogP contribution >= 0.6 is 15.9 Å². The fourth-order valence-electron chi connectivity index (χ4n) is 1.90. The number of methoxy groups -OCH3 is 1. The average molecular weight is 329 g/mol. The molecule has 0 aliphatic carbocycles. The average Bonchev–Trinajstić information content (AvgIpc) is 2.68. The number of nitrogens with zero attached hydrogens (tertiary/aromatic N) is 4. The molecule has 19 heavy (non-hydrogen) atoms. The molecule has 0 aromatic carbocycles. The lowest BCUT2D eigenvalue weighted by Crippen LogP contribution is -2.29. The number of ether oxygens (including phenoxy) is 1. The van der Waals surface area contributed by atoms with Crippen molar-refractivity contribution in [3.05, 3.63) is 15.9 Å². The Morgan fingerprint density at radius 3 is 2.74 bits per heavy atom. The van der Waals surface area contributed by atoms with E-state index in [1.165, 1.54) is 0 Å². The van der Waals surface area contributed by atoms with Gasteiger partial charge in [-0.25, -0.2) is 0 Å². The Morgan fingerprint density at radius 2 is 2.21 bits per heavy atom. The SMILES string of the molecule is CCc1nn(C)c(CN(CCC#N)CCOC)c1Br. The smallest absolute Gasteiger partial charge is 0.0767 e. The van der Waals surface area contributed by atoms with E-state index in [2.05, 4.69) is 38.9 Å². The Kier molecular flexibility index (Phi) is 7.06. The first-order valence-electron chi connectivity index (χ1n) is 6.42. The standard InChI is InChI=1S/C13H21BrN4O/c1-4-11-13(14)12(17(2)16-11)10-18(7-5-6-15)8-9-19-3/h4-5,7-10H2,1-3H3. The highest BCUT2D eigenvalue weighted by molar-refractivity contribution is 9.10. The number of nitriles is 1. The molecule has 5 nitrogen and oxygen atoms in total. The van der Waals surface area contributed by atoms with E-state index in [9.17, 15) is 0 Å². The third kappa shape index (κ3) is 4.60. The number of hydrogen-bond acceptors (Lipinski definition) is 4. The van der Waals surface area contributed by atoms with E-state index in [0.717, 1.165) is 41.9 Å². The highest BCUT2D eigenvalue weighted by Gasteiger charge is 2.15. The molecule has 1 aromatic heterocycles. The Bertz CT molecular complexity index is 439. The zero-order valence-electron chi connectivity index (χ0n) is 11.8. The first-order chi connectivity index (χ1) is 9.13. The maximum Gasteiger partial charge on any atom is 0.0767 e. The highest BCUT2D eigenvalue weighted by Crippen LogP contribution is 2.22. The molecular formula is C13H21BrN4O. The second kappa shape index (κ2) is 8.31. The van der Waals surface area contributed by atoms with Gasteiger partial charge in [0.05, 0.1) is 28.5 Å². The molecule has 0 aliphatic rings. The maximum atomic E-state index is 8.72. The molecule has 1 heterocycles. The van der Waals surface area contributed by atoms with Crippen LogP contribution in [0.4, 0.5) is 0 Å². The molecule has 0 spiro atoms. The summed E-state index contributed by atoms with van der Waals surface area (Å²) in [6.45, 7) is 5.10. The van der Waals surface area contributed by atoms with E-state index in [4.69, 9.17) is 10.00 Å². The molecule has 0 radical (unpaired) electrons. The van der Waals surface area contributed by atoms with Gasteiger partial charge in [-0.2, -0.15) is 10.4 Å². The van der Waals surface area contributed by atoms with Crippen LogP contribution < -0.4 is 0 Å². The first kappa shape index (κ1) is 16.2. The van der Waals surface area contributed by atoms with Crippen LogP contribution in [0.2, 0.25) is 0 Å². The number of rotatable bonds is 8. The molecule has 106 valence electrons. The summed E-state index contributed by atoms with van der Waals surface area (Å²) in [7, 11) is 3.65. The van der Waals surface area contributed by atoms with Crippen molar-refractivity contribution in [1.29, 1.82) is 5.26 Å². The lowest BCUT2D eigenvalue weighted by atomic mass is 10.3. The van der Waals surface area contributed by atoms with E-state index in [1.54, 1.807) is 7.11 Å². The van der Waals surface area contributed by atoms with Crippen LogP contribution in [0.3, 0.4) is 0 Å². The van der Waals surface area contributed by atoms with Gasteiger partial charge in [0.15, 0.2) is 0 Å². The summed E-state index contributed by atoms with van der Waals surface area (Å²) in [5, 5.41) is 13.2. The normalized spacial score (nSPS) is 10.9. The molecule has 1 rings (SSSR count). The van der Waals surface area contributed by atoms with Gasteiger partial charge in [-0.05, 0) is 22.4 Å². The number of halogens is 1. The first-order valence-corrected chi connectivity index (χ1v) is 7.21. The highest BCUT2D eigenvalue weighted by atomic mass is 79.9. The predicted octanol–water partition coefficient (Wildman–Crippen LogP) is 2.11. The van der Waals surface area contributed by atoms with Gasteiger partial charge in [-0.3, -0.25) is 9.58 Å². The van der Waals surface area contributed by atoms with Crippen LogP contribution in [-0.4, -0.2) is 41.5 Å². The van der Waals surface area contributed by atoms with Gasteiger partial charge < -0.3 is 4.74 Å². The van der Waals surface area contributed by atoms with Crippen molar-refractivity contribution >= 4 is 15.9 Å². The Labute approximate surface area is 123 Å². The van der Waals surface area contributed by atoms with Gasteiger partial charge in [0.25, 0.3) is 0 Å². The molecule has 0 amide bonds. The lowest BCUT2D eigenvalue weighted by molar-refractivity contribution is 0.143. The number of aromatic nitrogens is 2. The second-order valence-electron chi connectivity index (χ2n) is 4.36. The third-order valence-corrected chi connectivity index (χ3v) is 3.94. The number of hydrogen-bond donors (Lipinski definition) is 0. The molecule has 0 aliphatic heterocycles. The minimum absolute atomic E-state index is 0.528. The minimum Gasteiger partial charge on any atom is -0.383 e. The van der Waals surface area contributed by atoms with Gasteiger partial charge in [-0.15, -0.1) is 0 Å². The van der Waals surface area contributed by atoms with Crippen molar-refractivity contribution in [3.8, 4) is 6.07 Å². The molecule has 0 unspecified atom stereocenters. The summed E-state index contributed by atoms with van der Waals surface area (Å²) in [5.74, 6) is 0. The minimum atomic E-state index is 0.528. The van der Waals surface area contributed by atoms with Crippen molar-refractivity contribution in [2.75, 3.05) is 26.8 Å². The van der Waals surface area contributed by atoms with E-state index < -0.39 is 0 Å². The molecule has 1 aromatic rings. The molecule has 0 saturated carbocycles. The van der Waals surface area contributed by atoms with Crippen molar-refractivity contribution in [2.24, 2.45) is 7.05 Å². The summed E-state index contributed by atoms with van der Waals surface area (Å²) in [5.41, 5.74) is 2.22. The van der Waals surface area contributed by atoms with Crippen LogP contribution in [0.5, 0.6) is 0 Å². The maximum absolute atomic E-state index is 8.72. The molecule has 0 atom stereocenters. The predicted molar refractivity (Wildman–Crippen MR) is 77.7 cm³/mol. The van der Waals surface area contributed by atoms with Gasteiger partial charge in [-0.1, -0.05) is 6.92 Å². The topological polar surface area (TPSA) is 54.1 Å². The molecule has 0 fully saturated rings. The summed E-state index contributed by atoms with van der Waals surface area (Å²) in [4.78, 5) is 2.22. The summed E-state index contributed by atoms with van der Waals surface area (Å²) in [6.07, 6.45) is 1.44. The van der Waals surface area contributed by atoms with E-state index in [0.29, 0.717) is 13.0 Å². The van der Waals surface area contributed by atoms with Crippen LogP contribution in [-0.2, 0) is 24.8 Å². The third-order valence-electron chi connectivity index (χ3n) is 3.03. The molecule has 0 saturated heterocycles. The largest absolute Gasteiger partial charge is 0.383 e. The lowest BCUT2D eigenvalue weighted by Gasteiger charge is -2.20. The summed E-state index contributed by atoms with van der Waals surface area (Å²) >= 11 is 3.62. The van der Waals surface area contributed by atoms with Gasteiger partial charge in [0, 0.05) is 40.2 Å². The van der Waals surface area contributed by atoms with Crippen LogP contribution in [0.15, 0.2) is 4.47 Å². The van der Waals surface area contributed by atoms with E-state index in [-0.39, 0.29) is 0 Å². The number of aryl methyl sites for hydroxylation is 2. The molecule has 0 N–H and O–H groups in total. The van der Waals surface area contributed by atoms with Crippen LogP contribution in [0.1, 0.15) is 24.7 Å². The molecule has 0 bridgehead atoms. The summed E-state index contributed by atoms with van der Waals surface area (Å²) < 4.78 is 8.11. The van der Waals surface area contributed by atoms with Gasteiger partial charge in [0.2, 0.25) is 0 Å². The summed E-state index contributed by atoms with van der Waals surface area (Å²) in [6, 6.07) is 2.19. The Hall–Kier alpha value is -0.900. The quantitative estimate of drug-likeness (QED) is 0.733. The molecule has 6 heteroatoms. The zero-order chi connectivity index (χ0) is 14.3. The van der Waals surface area contributed by atoms with Crippen molar-refractivity contribution < 1.29 is 4.74 Å². The zero-order valence-corrected chi connectivity index (χ0v) is 13.4. The van der Waals surface area contributed by atoms with E-state index in [1.807, 2.05) is 11.7 Å². The van der Waals surface area contributed by atoms with Gasteiger partial charge in [0.1, 0.15) is 0 Å². The molecular weight excluding hydrogens is 308 g/mol. The van der Waals surface area contributed by atoms with Crippen LogP contribution in [0.25, 0.3) is 0 Å². The van der Waals surface area contributed by atoms with E-state index >= 15 is 0 Å². The van der Waals surface area contributed by atoms with Gasteiger partial charge >= 0.3 is 0 Å². The van der Waals surface area contributed by atoms with Crippen molar-refractivity contribution in [3.63, 3.8) is 0 Å².